The van der Waals surface area contributed by atoms with Crippen LogP contribution in [0.15, 0.2) is 47.8 Å². The van der Waals surface area contributed by atoms with Gasteiger partial charge in [0.2, 0.25) is 0 Å². The molecule has 2 aromatic rings. The molecule has 0 aliphatic rings. The number of benzene rings is 2. The van der Waals surface area contributed by atoms with E-state index in [-0.39, 0.29) is 41.4 Å². The van der Waals surface area contributed by atoms with Gasteiger partial charge in [-0.1, -0.05) is 34.8 Å². The highest BCUT2D eigenvalue weighted by Gasteiger charge is 2.30. The fraction of sp³-hybridized carbons (Fsp3) is 0.263. The molecule has 0 saturated carbocycles. The maximum absolute atomic E-state index is 12.4. The summed E-state index contributed by atoms with van der Waals surface area (Å²) < 4.78 is 68.8. The number of halogens is 7. The lowest BCUT2D eigenvalue weighted by Gasteiger charge is -2.13. The quantitative estimate of drug-likeness (QED) is 0.262. The second-order valence-electron chi connectivity index (χ2n) is 5.59. The third-order valence-corrected chi connectivity index (χ3v) is 4.04. The van der Waals surface area contributed by atoms with Crippen LogP contribution in [0, 0.1) is 0 Å². The van der Waals surface area contributed by atoms with Gasteiger partial charge in [-0.2, -0.15) is 4.39 Å². The van der Waals surface area contributed by atoms with E-state index in [0.717, 1.165) is 18.2 Å². The average Bonchev–Trinajstić information content (AvgIpc) is 2.63. The van der Waals surface area contributed by atoms with Crippen LogP contribution in [0.4, 0.5) is 17.6 Å². The Kier molecular flexibility index (Phi) is 9.20. The summed E-state index contributed by atoms with van der Waals surface area (Å²) in [4.78, 5) is 0. The number of hydrogen-bond donors (Lipinski definition) is 0. The van der Waals surface area contributed by atoms with Gasteiger partial charge in [0.05, 0.1) is 23.3 Å². The molecule has 0 spiro atoms. The number of ether oxygens (including phenoxy) is 4. The van der Waals surface area contributed by atoms with Crippen LogP contribution < -0.4 is 18.9 Å². The molecule has 0 bridgehead atoms. The van der Waals surface area contributed by atoms with Gasteiger partial charge in [-0.05, 0) is 24.3 Å². The first-order chi connectivity index (χ1) is 14.1. The zero-order chi connectivity index (χ0) is 22.1. The van der Waals surface area contributed by atoms with Gasteiger partial charge in [-0.15, -0.1) is 13.2 Å². The molecule has 0 aliphatic heterocycles. The minimum Gasteiger partial charge on any atom is -0.493 e. The molecule has 0 radical (unpaired) electrons. The van der Waals surface area contributed by atoms with Gasteiger partial charge in [0.25, 0.3) is 0 Å². The Labute approximate surface area is 184 Å². The fourth-order valence-corrected chi connectivity index (χ4v) is 2.76. The second kappa shape index (κ2) is 11.4. The Hall–Kier alpha value is -2.03. The molecule has 0 N–H and O–H groups in total. The smallest absolute Gasteiger partial charge is 0.493 e. The molecule has 0 amide bonds. The van der Waals surface area contributed by atoms with Crippen LogP contribution in [0.1, 0.15) is 6.42 Å². The van der Waals surface area contributed by atoms with E-state index in [1.54, 1.807) is 0 Å². The van der Waals surface area contributed by atoms with Crippen LogP contribution in [0.2, 0.25) is 10.0 Å². The van der Waals surface area contributed by atoms with E-state index >= 15 is 0 Å². The van der Waals surface area contributed by atoms with Crippen LogP contribution in [0.25, 0.3) is 0 Å². The predicted octanol–water partition coefficient (Wildman–Crippen LogP) is 7.17. The molecule has 30 heavy (non-hydrogen) atoms. The summed E-state index contributed by atoms with van der Waals surface area (Å²) in [5.41, 5.74) is 0. The van der Waals surface area contributed by atoms with Crippen molar-refractivity contribution in [2.24, 2.45) is 0 Å². The fourth-order valence-electron chi connectivity index (χ4n) is 2.12. The van der Waals surface area contributed by atoms with Crippen molar-refractivity contribution in [1.82, 2.24) is 0 Å². The van der Waals surface area contributed by atoms with Crippen molar-refractivity contribution in [2.75, 3.05) is 19.8 Å². The van der Waals surface area contributed by atoms with Gasteiger partial charge in [0.15, 0.2) is 11.0 Å². The van der Waals surface area contributed by atoms with Gasteiger partial charge in [0.1, 0.15) is 23.9 Å². The highest BCUT2D eigenvalue weighted by atomic mass is 35.5. The monoisotopic (exact) mass is 488 g/mol. The summed E-state index contributed by atoms with van der Waals surface area (Å²) in [6.07, 6.45) is -3.26. The molecule has 0 atom stereocenters. The second-order valence-corrected chi connectivity index (χ2v) is 6.77. The van der Waals surface area contributed by atoms with E-state index in [2.05, 4.69) is 4.74 Å². The van der Waals surface area contributed by atoms with Crippen molar-refractivity contribution in [3.8, 4) is 23.0 Å². The molecule has 0 unspecified atom stereocenters. The standard InChI is InChI=1S/C19H15Cl3F4O4/c20-15-10-14(28-9-6-17(22)23)11-16(21)18(15)29-8-1-7-27-12-2-4-13(5-3-12)30-19(24,25)26/h2-6,10-11H,1,7-9H2. The molecular weight excluding hydrogens is 475 g/mol. The molecular formula is C19H15Cl3F4O4. The highest BCUT2D eigenvalue weighted by molar-refractivity contribution is 6.37. The summed E-state index contributed by atoms with van der Waals surface area (Å²) in [5.74, 6) is 0.606. The predicted molar refractivity (Wildman–Crippen MR) is 106 cm³/mol. The third kappa shape index (κ3) is 8.77. The lowest BCUT2D eigenvalue weighted by molar-refractivity contribution is -0.274. The topological polar surface area (TPSA) is 36.9 Å². The van der Waals surface area contributed by atoms with E-state index < -0.39 is 11.6 Å². The van der Waals surface area contributed by atoms with Crippen molar-refractivity contribution < 1.29 is 36.5 Å². The normalized spacial score (nSPS) is 11.9. The highest BCUT2D eigenvalue weighted by Crippen LogP contribution is 2.37. The maximum Gasteiger partial charge on any atom is 0.573 e. The van der Waals surface area contributed by atoms with Crippen LogP contribution >= 0.6 is 34.8 Å². The molecule has 2 rings (SSSR count). The van der Waals surface area contributed by atoms with Crippen LogP contribution in [0.5, 0.6) is 23.0 Å². The zero-order valence-corrected chi connectivity index (χ0v) is 17.4. The SMILES string of the molecule is FC(Cl)=CCOc1cc(Cl)c(OCCCOc2ccc(OC(F)(F)F)cc2)c(Cl)c1. The van der Waals surface area contributed by atoms with Crippen molar-refractivity contribution >= 4 is 34.8 Å². The van der Waals surface area contributed by atoms with Gasteiger partial charge < -0.3 is 18.9 Å². The number of alkyl halides is 3. The summed E-state index contributed by atoms with van der Waals surface area (Å²) >= 11 is 17.3. The first-order valence-corrected chi connectivity index (χ1v) is 9.52. The molecule has 11 heteroatoms. The van der Waals surface area contributed by atoms with Crippen molar-refractivity contribution in [3.63, 3.8) is 0 Å². The number of rotatable bonds is 10. The Balaban J connectivity index is 1.77. The summed E-state index contributed by atoms with van der Waals surface area (Å²) in [7, 11) is 0. The summed E-state index contributed by atoms with van der Waals surface area (Å²) in [5, 5.41) is -0.483. The molecule has 164 valence electrons. The third-order valence-electron chi connectivity index (χ3n) is 3.32. The zero-order valence-electron chi connectivity index (χ0n) is 15.1. The lowest BCUT2D eigenvalue weighted by atomic mass is 10.3. The van der Waals surface area contributed by atoms with E-state index in [9.17, 15) is 17.6 Å². The maximum atomic E-state index is 12.4. The Morgan fingerprint density at radius 3 is 2.00 bits per heavy atom. The lowest BCUT2D eigenvalue weighted by Crippen LogP contribution is -2.17. The summed E-state index contributed by atoms with van der Waals surface area (Å²) in [6.45, 7) is 0.365. The number of hydrogen-bond acceptors (Lipinski definition) is 4. The van der Waals surface area contributed by atoms with Gasteiger partial charge >= 0.3 is 6.36 Å². The van der Waals surface area contributed by atoms with Crippen LogP contribution in [-0.2, 0) is 0 Å². The molecule has 0 heterocycles. The van der Waals surface area contributed by atoms with Crippen molar-refractivity contribution in [1.29, 1.82) is 0 Å². The van der Waals surface area contributed by atoms with Crippen LogP contribution in [0.3, 0.4) is 0 Å². The minimum atomic E-state index is -4.74. The van der Waals surface area contributed by atoms with Gasteiger partial charge in [-0.3, -0.25) is 0 Å². The largest absolute Gasteiger partial charge is 0.573 e. The molecule has 4 nitrogen and oxygen atoms in total. The van der Waals surface area contributed by atoms with Gasteiger partial charge in [-0.25, -0.2) is 0 Å². The Morgan fingerprint density at radius 1 is 0.867 bits per heavy atom. The van der Waals surface area contributed by atoms with E-state index in [1.165, 1.54) is 24.3 Å². The molecule has 0 saturated heterocycles. The van der Waals surface area contributed by atoms with Crippen LogP contribution in [-0.4, -0.2) is 26.2 Å². The first-order valence-electron chi connectivity index (χ1n) is 8.38. The van der Waals surface area contributed by atoms with Crippen molar-refractivity contribution in [3.05, 3.63) is 57.8 Å². The Morgan fingerprint density at radius 2 is 1.43 bits per heavy atom. The van der Waals surface area contributed by atoms with Gasteiger partial charge in [0, 0.05) is 24.6 Å². The van der Waals surface area contributed by atoms with E-state index in [0.29, 0.717) is 17.9 Å². The van der Waals surface area contributed by atoms with E-state index in [4.69, 9.17) is 49.0 Å². The molecule has 0 aromatic heterocycles. The van der Waals surface area contributed by atoms with E-state index in [1.807, 2.05) is 0 Å². The molecule has 0 aliphatic carbocycles. The Bertz CT molecular complexity index is 831. The minimum absolute atomic E-state index is 0.0944. The molecule has 0 fully saturated rings. The summed E-state index contributed by atoms with van der Waals surface area (Å²) in [6, 6.07) is 7.95. The first kappa shape index (κ1) is 24.2. The molecule has 2 aromatic carbocycles. The van der Waals surface area contributed by atoms with Crippen molar-refractivity contribution in [2.45, 2.75) is 12.8 Å². The average molecular weight is 490 g/mol.